The van der Waals surface area contributed by atoms with E-state index in [0.29, 0.717) is 20.5 Å². The molecule has 0 unspecified atom stereocenters. The highest BCUT2D eigenvalue weighted by atomic mass is 35.5. The lowest BCUT2D eigenvalue weighted by atomic mass is 10.3. The van der Waals surface area contributed by atoms with Crippen molar-refractivity contribution < 1.29 is 0 Å². The van der Waals surface area contributed by atoms with Crippen LogP contribution in [0, 0.1) is 4.77 Å². The lowest BCUT2D eigenvalue weighted by molar-refractivity contribution is 1.04. The Bertz CT molecular complexity index is 540. The summed E-state index contributed by atoms with van der Waals surface area (Å²) in [4.78, 5) is 0. The van der Waals surface area contributed by atoms with E-state index in [4.69, 9.17) is 41.2 Å². The summed E-state index contributed by atoms with van der Waals surface area (Å²) in [6.07, 6.45) is 0. The Labute approximate surface area is 101 Å². The van der Waals surface area contributed by atoms with Gasteiger partial charge in [-0.1, -0.05) is 23.2 Å². The Balaban J connectivity index is 2.69. The second-order valence-corrected chi connectivity index (χ2v) is 4.11. The summed E-state index contributed by atoms with van der Waals surface area (Å²) < 4.78 is 1.94. The van der Waals surface area contributed by atoms with E-state index < -0.39 is 0 Å². The normalized spacial score (nSPS) is 10.5. The number of halogens is 2. The van der Waals surface area contributed by atoms with Gasteiger partial charge in [0, 0.05) is 10.0 Å². The molecule has 1 heterocycles. The van der Waals surface area contributed by atoms with E-state index in [9.17, 15) is 0 Å². The van der Waals surface area contributed by atoms with Crippen molar-refractivity contribution in [3.63, 3.8) is 0 Å². The van der Waals surface area contributed by atoms with Crippen LogP contribution in [0.1, 0.15) is 0 Å². The first-order chi connectivity index (χ1) is 7.08. The van der Waals surface area contributed by atoms with E-state index in [-0.39, 0.29) is 5.95 Å². The lowest BCUT2D eigenvalue weighted by Crippen LogP contribution is -2.00. The summed E-state index contributed by atoms with van der Waals surface area (Å²) in [7, 11) is 0. The second kappa shape index (κ2) is 3.84. The summed E-state index contributed by atoms with van der Waals surface area (Å²) in [5.41, 5.74) is 6.33. The quantitative estimate of drug-likeness (QED) is 0.776. The first kappa shape index (κ1) is 10.5. The number of rotatable bonds is 1. The molecular formula is C8H6Cl2N4S. The summed E-state index contributed by atoms with van der Waals surface area (Å²) >= 11 is 16.8. The maximum absolute atomic E-state index is 5.87. The van der Waals surface area contributed by atoms with Gasteiger partial charge in [-0.3, -0.25) is 4.57 Å². The first-order valence-electron chi connectivity index (χ1n) is 3.97. The predicted molar refractivity (Wildman–Crippen MR) is 63.2 cm³/mol. The van der Waals surface area contributed by atoms with E-state index >= 15 is 0 Å². The Hall–Kier alpha value is -1.04. The lowest BCUT2D eigenvalue weighted by Gasteiger charge is -2.04. The molecule has 0 atom stereocenters. The van der Waals surface area contributed by atoms with Gasteiger partial charge in [-0.05, 0) is 30.4 Å². The Morgan fingerprint density at radius 3 is 2.33 bits per heavy atom. The molecule has 0 amide bonds. The molecule has 0 spiro atoms. The van der Waals surface area contributed by atoms with Gasteiger partial charge in [-0.15, -0.1) is 5.10 Å². The predicted octanol–water partition coefficient (Wildman–Crippen LogP) is 2.82. The van der Waals surface area contributed by atoms with Crippen molar-refractivity contribution in [1.82, 2.24) is 14.8 Å². The van der Waals surface area contributed by atoms with Gasteiger partial charge in [0.2, 0.25) is 10.7 Å². The molecule has 2 rings (SSSR count). The summed E-state index contributed by atoms with van der Waals surface area (Å²) in [5.74, 6) is 0.262. The number of hydrogen-bond donors (Lipinski definition) is 2. The van der Waals surface area contributed by atoms with Crippen molar-refractivity contribution in [3.05, 3.63) is 33.0 Å². The minimum Gasteiger partial charge on any atom is -0.368 e. The zero-order valence-electron chi connectivity index (χ0n) is 7.37. The molecule has 0 radical (unpaired) electrons. The van der Waals surface area contributed by atoms with Crippen LogP contribution < -0.4 is 5.73 Å². The smallest absolute Gasteiger partial charge is 0.225 e. The molecule has 15 heavy (non-hydrogen) atoms. The van der Waals surface area contributed by atoms with Gasteiger partial charge in [0.1, 0.15) is 0 Å². The van der Waals surface area contributed by atoms with Crippen LogP contribution in [0.2, 0.25) is 10.0 Å². The van der Waals surface area contributed by atoms with E-state index in [1.807, 2.05) is 0 Å². The fraction of sp³-hybridized carbons (Fsp3) is 0. The molecule has 3 N–H and O–H groups in total. The molecule has 1 aromatic heterocycles. The SMILES string of the molecule is Nc1n[nH]c(=S)n1-c1cc(Cl)cc(Cl)c1. The zero-order chi connectivity index (χ0) is 11.0. The van der Waals surface area contributed by atoms with Gasteiger partial charge in [0.15, 0.2) is 0 Å². The van der Waals surface area contributed by atoms with Crippen LogP contribution in [-0.4, -0.2) is 14.8 Å². The van der Waals surface area contributed by atoms with E-state index in [1.165, 1.54) is 0 Å². The fourth-order valence-electron chi connectivity index (χ4n) is 1.23. The molecule has 0 aliphatic carbocycles. The number of nitrogens with one attached hydrogen (secondary N) is 1. The Kier molecular flexibility index (Phi) is 2.68. The number of aromatic amines is 1. The topological polar surface area (TPSA) is 59.6 Å². The number of hydrogen-bond acceptors (Lipinski definition) is 3. The minimum atomic E-state index is 0.262. The third kappa shape index (κ3) is 1.99. The molecule has 2 aromatic rings. The highest BCUT2D eigenvalue weighted by molar-refractivity contribution is 7.71. The third-order valence-electron chi connectivity index (χ3n) is 1.80. The van der Waals surface area contributed by atoms with Crippen molar-refractivity contribution in [2.24, 2.45) is 0 Å². The number of nitrogens with two attached hydrogens (primary N) is 1. The number of nitrogens with zero attached hydrogens (tertiary/aromatic N) is 2. The molecule has 78 valence electrons. The van der Waals surface area contributed by atoms with Gasteiger partial charge in [-0.25, -0.2) is 5.10 Å². The van der Waals surface area contributed by atoms with Crippen molar-refractivity contribution in [2.45, 2.75) is 0 Å². The van der Waals surface area contributed by atoms with Gasteiger partial charge < -0.3 is 5.73 Å². The van der Waals surface area contributed by atoms with Gasteiger partial charge >= 0.3 is 0 Å². The molecular weight excluding hydrogens is 255 g/mol. The van der Waals surface area contributed by atoms with Crippen LogP contribution in [0.3, 0.4) is 0 Å². The summed E-state index contributed by atoms with van der Waals surface area (Å²) in [6.45, 7) is 0. The largest absolute Gasteiger partial charge is 0.368 e. The second-order valence-electron chi connectivity index (χ2n) is 2.85. The van der Waals surface area contributed by atoms with E-state index in [1.54, 1.807) is 22.8 Å². The number of H-pyrrole nitrogens is 1. The van der Waals surface area contributed by atoms with Crippen LogP contribution in [0.4, 0.5) is 5.95 Å². The summed E-state index contributed by atoms with van der Waals surface area (Å²) in [6, 6.07) is 5.04. The molecule has 0 saturated heterocycles. The van der Waals surface area contributed by atoms with Crippen molar-refractivity contribution in [3.8, 4) is 5.69 Å². The highest BCUT2D eigenvalue weighted by Crippen LogP contribution is 2.23. The molecule has 4 nitrogen and oxygen atoms in total. The average Bonchev–Trinajstić information content (AvgIpc) is 2.44. The molecule has 0 aliphatic rings. The van der Waals surface area contributed by atoms with Gasteiger partial charge in [0.25, 0.3) is 0 Å². The molecule has 7 heteroatoms. The molecule has 0 aliphatic heterocycles. The Morgan fingerprint density at radius 1 is 1.27 bits per heavy atom. The van der Waals surface area contributed by atoms with E-state index in [0.717, 1.165) is 0 Å². The maximum atomic E-state index is 5.87. The maximum Gasteiger partial charge on any atom is 0.225 e. The first-order valence-corrected chi connectivity index (χ1v) is 5.14. The molecule has 0 saturated carbocycles. The van der Waals surface area contributed by atoms with Crippen LogP contribution in [0.25, 0.3) is 5.69 Å². The number of nitrogen functional groups attached to an aromatic ring is 1. The van der Waals surface area contributed by atoms with Gasteiger partial charge in [-0.2, -0.15) is 0 Å². The number of benzene rings is 1. The Morgan fingerprint density at radius 2 is 1.87 bits per heavy atom. The molecule has 0 fully saturated rings. The minimum absolute atomic E-state index is 0.262. The van der Waals surface area contributed by atoms with Crippen LogP contribution in [0.15, 0.2) is 18.2 Å². The number of anilines is 1. The van der Waals surface area contributed by atoms with Crippen LogP contribution >= 0.6 is 35.4 Å². The van der Waals surface area contributed by atoms with Crippen molar-refractivity contribution in [1.29, 1.82) is 0 Å². The number of aromatic nitrogens is 3. The monoisotopic (exact) mass is 260 g/mol. The zero-order valence-corrected chi connectivity index (χ0v) is 9.70. The van der Waals surface area contributed by atoms with Gasteiger partial charge in [0.05, 0.1) is 5.69 Å². The van der Waals surface area contributed by atoms with Crippen molar-refractivity contribution in [2.75, 3.05) is 5.73 Å². The highest BCUT2D eigenvalue weighted by Gasteiger charge is 2.06. The third-order valence-corrected chi connectivity index (χ3v) is 2.51. The van der Waals surface area contributed by atoms with E-state index in [2.05, 4.69) is 10.2 Å². The van der Waals surface area contributed by atoms with Crippen molar-refractivity contribution >= 4 is 41.4 Å². The van der Waals surface area contributed by atoms with Crippen LogP contribution in [-0.2, 0) is 0 Å². The van der Waals surface area contributed by atoms with Crippen LogP contribution in [0.5, 0.6) is 0 Å². The average molecular weight is 261 g/mol. The molecule has 1 aromatic carbocycles. The summed E-state index contributed by atoms with van der Waals surface area (Å²) in [5, 5.41) is 7.40. The molecule has 0 bridgehead atoms. The standard InChI is InChI=1S/C8H6Cl2N4S/c9-4-1-5(10)3-6(2-4)14-7(11)12-13-8(14)15/h1-3H,(H2,11,12)(H,13,15). The fourth-order valence-corrected chi connectivity index (χ4v) is 1.99.